The Morgan fingerprint density at radius 1 is 1.12 bits per heavy atom. The maximum absolute atomic E-state index is 12.1. The number of amides is 2. The topological polar surface area (TPSA) is 172 Å². The summed E-state index contributed by atoms with van der Waals surface area (Å²) in [6.07, 6.45) is -3.05. The normalized spacial score (nSPS) is 13.6. The van der Waals surface area contributed by atoms with Crippen molar-refractivity contribution in [3.8, 4) is 0 Å². The molecule has 1 aromatic rings. The molecule has 12 heteroatoms. The molecule has 3 atom stereocenters. The Balaban J connectivity index is 2.63. The van der Waals surface area contributed by atoms with Gasteiger partial charge in [-0.3, -0.25) is 30.4 Å². The van der Waals surface area contributed by atoms with Gasteiger partial charge in [0.25, 0.3) is 0 Å². The van der Waals surface area contributed by atoms with Crippen molar-refractivity contribution in [1.29, 1.82) is 5.41 Å². The number of carbonyl (C=O) groups is 4. The monoisotopic (exact) mass is 488 g/mol. The van der Waals surface area contributed by atoms with E-state index in [1.807, 2.05) is 5.32 Å². The molecule has 0 saturated heterocycles. The molecule has 0 spiro atoms. The van der Waals surface area contributed by atoms with Gasteiger partial charge in [-0.25, -0.2) is 4.79 Å². The third-order valence-corrected chi connectivity index (χ3v) is 5.29. The number of carboxylic acids is 1. The number of guanidine groups is 1. The molecule has 6 N–H and O–H groups in total. The first-order valence-electron chi connectivity index (χ1n) is 9.63. The van der Waals surface area contributed by atoms with E-state index < -0.39 is 54.2 Å². The average molecular weight is 489 g/mol. The van der Waals surface area contributed by atoms with E-state index in [0.29, 0.717) is 5.56 Å². The maximum Gasteiger partial charge on any atom is 0.414 e. The Bertz CT molecular complexity index is 873. The van der Waals surface area contributed by atoms with Gasteiger partial charge in [0.1, 0.15) is 12.0 Å². The fourth-order valence-corrected chi connectivity index (χ4v) is 3.17. The van der Waals surface area contributed by atoms with Crippen LogP contribution in [0.5, 0.6) is 0 Å². The number of nitrogens with one attached hydrogen (secondary N) is 3. The first-order chi connectivity index (χ1) is 14.8. The Kier molecular flexibility index (Phi) is 10.6. The summed E-state index contributed by atoms with van der Waals surface area (Å²) in [5, 5.41) is 21.7. The third kappa shape index (κ3) is 8.45. The number of Topliss-reactive ketones (excluding diaryl/α,β-unsaturated/α-hetero) is 1. The number of ether oxygens (including phenoxy) is 1. The van der Waals surface area contributed by atoms with Crippen molar-refractivity contribution in [3.63, 3.8) is 0 Å². The van der Waals surface area contributed by atoms with Gasteiger partial charge in [-0.1, -0.05) is 43.1 Å². The molecule has 0 aliphatic rings. The molecule has 0 saturated carbocycles. The van der Waals surface area contributed by atoms with Crippen molar-refractivity contribution in [3.05, 3.63) is 33.8 Å². The highest BCUT2D eigenvalue weighted by Gasteiger charge is 2.32. The van der Waals surface area contributed by atoms with Gasteiger partial charge in [0.15, 0.2) is 5.78 Å². The molecule has 2 amide bonds. The Morgan fingerprint density at radius 2 is 1.69 bits per heavy atom. The van der Waals surface area contributed by atoms with Gasteiger partial charge < -0.3 is 15.6 Å². The molecule has 0 aliphatic heterocycles. The second-order valence-electron chi connectivity index (χ2n) is 7.42. The third-order valence-electron chi connectivity index (χ3n) is 4.58. The van der Waals surface area contributed by atoms with Crippen LogP contribution >= 0.6 is 23.2 Å². The van der Waals surface area contributed by atoms with Gasteiger partial charge in [-0.05, 0) is 30.5 Å². The Hall–Kier alpha value is -2.69. The number of ketones is 1. The van der Waals surface area contributed by atoms with Crippen LogP contribution in [0.25, 0.3) is 0 Å². The predicted molar refractivity (Wildman–Crippen MR) is 119 cm³/mol. The average Bonchev–Trinajstić information content (AvgIpc) is 2.67. The number of halogens is 2. The van der Waals surface area contributed by atoms with Crippen molar-refractivity contribution in [2.24, 2.45) is 17.6 Å². The number of carbonyl (C=O) groups excluding carboxylic acids is 3. The van der Waals surface area contributed by atoms with Crippen LogP contribution in [-0.2, 0) is 25.5 Å². The second-order valence-corrected chi connectivity index (χ2v) is 8.23. The van der Waals surface area contributed by atoms with Crippen molar-refractivity contribution in [2.45, 2.75) is 45.8 Å². The molecule has 1 rings (SSSR count). The van der Waals surface area contributed by atoms with E-state index in [2.05, 4.69) is 5.32 Å². The summed E-state index contributed by atoms with van der Waals surface area (Å²) < 4.78 is 4.97. The molecule has 176 valence electrons. The number of benzene rings is 1. The highest BCUT2D eigenvalue weighted by Crippen LogP contribution is 2.24. The molecule has 0 unspecified atom stereocenters. The van der Waals surface area contributed by atoms with E-state index in [1.54, 1.807) is 32.0 Å². The number of alkyl carbamates (subject to hydrolysis) is 1. The zero-order valence-corrected chi connectivity index (χ0v) is 19.3. The lowest BCUT2D eigenvalue weighted by atomic mass is 9.90. The molecule has 32 heavy (non-hydrogen) atoms. The van der Waals surface area contributed by atoms with Crippen LogP contribution < -0.4 is 16.4 Å². The van der Waals surface area contributed by atoms with Gasteiger partial charge in [0.2, 0.25) is 11.9 Å². The predicted octanol–water partition coefficient (Wildman–Crippen LogP) is 2.34. The number of hydrogen-bond acceptors (Lipinski definition) is 7. The van der Waals surface area contributed by atoms with Gasteiger partial charge in [0.05, 0.1) is 12.5 Å². The molecule has 0 radical (unpaired) electrons. The molecule has 0 aliphatic carbocycles. The number of hydrogen-bond donors (Lipinski definition) is 5. The van der Waals surface area contributed by atoms with Crippen molar-refractivity contribution in [1.82, 2.24) is 10.6 Å². The summed E-state index contributed by atoms with van der Waals surface area (Å²) in [7, 11) is 0. The van der Waals surface area contributed by atoms with E-state index in [9.17, 15) is 24.3 Å². The first-order valence-corrected chi connectivity index (χ1v) is 10.4. The van der Waals surface area contributed by atoms with Gasteiger partial charge in [-0.15, -0.1) is 0 Å². The second kappa shape index (κ2) is 12.4. The minimum Gasteiger partial charge on any atom is -0.481 e. The van der Waals surface area contributed by atoms with Gasteiger partial charge >= 0.3 is 12.1 Å². The molecular weight excluding hydrogens is 463 g/mol. The first kappa shape index (κ1) is 27.3. The van der Waals surface area contributed by atoms with Crippen LogP contribution in [0.4, 0.5) is 4.79 Å². The van der Waals surface area contributed by atoms with Crippen LogP contribution in [0.1, 0.15) is 32.8 Å². The zero-order valence-electron chi connectivity index (χ0n) is 17.8. The number of carboxylic acid groups (broad SMARTS) is 1. The summed E-state index contributed by atoms with van der Waals surface area (Å²) in [4.78, 5) is 47.7. The minimum absolute atomic E-state index is 0.179. The standard InChI is InChI=1S/C20H26Cl2N4O6/c1-9(2)17(23)15(27)7-11(18(29)30)10(3)32-20(31)26-19(24)25-16(28)8-12-13(21)5-4-6-14(12)22/h4-6,9-11,17H,7-8,23H2,1-3H3,(H,29,30)(H3,24,25,26,28,31)/t10-,11+,17-/m1/s1. The molecule has 0 fully saturated rings. The fourth-order valence-electron chi connectivity index (χ4n) is 2.64. The quantitative estimate of drug-likeness (QED) is 0.262. The van der Waals surface area contributed by atoms with Crippen molar-refractivity contribution < 1.29 is 29.0 Å². The summed E-state index contributed by atoms with van der Waals surface area (Å²) in [5.74, 6) is -4.68. The van der Waals surface area contributed by atoms with Gasteiger partial charge in [-0.2, -0.15) is 0 Å². The molecule has 0 aromatic heterocycles. The van der Waals surface area contributed by atoms with Crippen LogP contribution in [0, 0.1) is 17.2 Å². The number of aliphatic carboxylic acids is 1. The zero-order chi connectivity index (χ0) is 24.6. The summed E-state index contributed by atoms with van der Waals surface area (Å²) >= 11 is 12.0. The lowest BCUT2D eigenvalue weighted by molar-refractivity contribution is -0.147. The summed E-state index contributed by atoms with van der Waals surface area (Å²) in [5.41, 5.74) is 6.10. The number of nitrogens with two attached hydrogens (primary N) is 1. The largest absolute Gasteiger partial charge is 0.481 e. The van der Waals surface area contributed by atoms with E-state index in [1.165, 1.54) is 6.92 Å². The van der Waals surface area contributed by atoms with Crippen LogP contribution in [0.3, 0.4) is 0 Å². The van der Waals surface area contributed by atoms with Crippen molar-refractivity contribution in [2.75, 3.05) is 0 Å². The smallest absolute Gasteiger partial charge is 0.414 e. The molecule has 1 aromatic carbocycles. The van der Waals surface area contributed by atoms with E-state index >= 15 is 0 Å². The fraction of sp³-hybridized carbons (Fsp3) is 0.450. The maximum atomic E-state index is 12.1. The summed E-state index contributed by atoms with van der Waals surface area (Å²) in [6, 6.07) is 3.88. The van der Waals surface area contributed by atoms with Crippen LogP contribution in [-0.4, -0.2) is 47.0 Å². The van der Waals surface area contributed by atoms with Gasteiger partial charge in [0, 0.05) is 16.5 Å². The lowest BCUT2D eigenvalue weighted by Crippen LogP contribution is -2.46. The van der Waals surface area contributed by atoms with Crippen molar-refractivity contribution >= 4 is 52.9 Å². The van der Waals surface area contributed by atoms with Crippen LogP contribution in [0.2, 0.25) is 10.0 Å². The summed E-state index contributed by atoms with van der Waals surface area (Å²) in [6.45, 7) is 4.75. The van der Waals surface area contributed by atoms with Crippen LogP contribution in [0.15, 0.2) is 18.2 Å². The SMILES string of the molecule is CC(C)[C@@H](N)C(=O)C[C@H](C(=O)O)[C@@H](C)OC(=O)NC(=N)NC(=O)Cc1c(Cl)cccc1Cl. The number of rotatable bonds is 9. The molecule has 0 heterocycles. The lowest BCUT2D eigenvalue weighted by Gasteiger charge is -2.22. The van der Waals surface area contributed by atoms with E-state index in [0.717, 1.165) is 0 Å². The molecular formula is C20H26Cl2N4O6. The Morgan fingerprint density at radius 3 is 2.19 bits per heavy atom. The van der Waals surface area contributed by atoms with E-state index in [4.69, 9.17) is 39.1 Å². The Labute approximate surface area is 195 Å². The highest BCUT2D eigenvalue weighted by molar-refractivity contribution is 6.36. The van der Waals surface area contributed by atoms with E-state index in [-0.39, 0.29) is 22.4 Å². The molecule has 0 bridgehead atoms. The minimum atomic E-state index is -1.34. The highest BCUT2D eigenvalue weighted by atomic mass is 35.5. The molecule has 10 nitrogen and oxygen atoms in total.